The van der Waals surface area contributed by atoms with E-state index in [1.807, 2.05) is 20.8 Å². The highest BCUT2D eigenvalue weighted by Crippen LogP contribution is 2.33. The average Bonchev–Trinajstić information content (AvgIpc) is 3.24. The second-order valence-electron chi connectivity index (χ2n) is 7.42. The Morgan fingerprint density at radius 3 is 2.55 bits per heavy atom. The number of carbonyl (C=O) groups excluding carboxylic acids is 1. The summed E-state index contributed by atoms with van der Waals surface area (Å²) in [6.45, 7) is 6.30. The summed E-state index contributed by atoms with van der Waals surface area (Å²) in [4.78, 5) is 11.5. The summed E-state index contributed by atoms with van der Waals surface area (Å²) < 4.78 is 5.21. The molecule has 122 valence electrons. The van der Waals surface area contributed by atoms with E-state index in [1.54, 1.807) is 0 Å². The molecule has 22 heavy (non-hydrogen) atoms. The normalized spacial score (nSPS) is 14.7. The SMILES string of the molecule is CC(C)(C)NC(=O)OCCCc1cccc(CCC2CC2)c1. The third-order valence-electron chi connectivity index (χ3n) is 3.85. The van der Waals surface area contributed by atoms with Gasteiger partial charge in [0.15, 0.2) is 0 Å². The number of alkyl carbamates (subject to hydrolysis) is 1. The van der Waals surface area contributed by atoms with Gasteiger partial charge in [-0.1, -0.05) is 37.1 Å². The molecule has 1 saturated carbocycles. The van der Waals surface area contributed by atoms with Crippen LogP contribution in [0.15, 0.2) is 24.3 Å². The van der Waals surface area contributed by atoms with Crippen LogP contribution in [0.5, 0.6) is 0 Å². The minimum absolute atomic E-state index is 0.243. The Kier molecular flexibility index (Phi) is 5.87. The molecule has 1 aromatic carbocycles. The molecule has 1 aliphatic rings. The van der Waals surface area contributed by atoms with Crippen LogP contribution in [0, 0.1) is 5.92 Å². The van der Waals surface area contributed by atoms with Crippen LogP contribution in [-0.4, -0.2) is 18.2 Å². The van der Waals surface area contributed by atoms with Crippen LogP contribution < -0.4 is 5.32 Å². The molecule has 1 N–H and O–H groups in total. The minimum Gasteiger partial charge on any atom is -0.450 e. The summed E-state index contributed by atoms with van der Waals surface area (Å²) in [6, 6.07) is 8.83. The monoisotopic (exact) mass is 303 g/mol. The first-order valence-electron chi connectivity index (χ1n) is 8.45. The minimum atomic E-state index is -0.328. The molecule has 0 saturated heterocycles. The van der Waals surface area contributed by atoms with Gasteiger partial charge in [-0.15, -0.1) is 0 Å². The highest BCUT2D eigenvalue weighted by Gasteiger charge is 2.20. The van der Waals surface area contributed by atoms with Crippen molar-refractivity contribution in [1.82, 2.24) is 5.32 Å². The summed E-state index contributed by atoms with van der Waals surface area (Å²) >= 11 is 0. The Bertz CT molecular complexity index is 486. The van der Waals surface area contributed by atoms with Crippen molar-refractivity contribution < 1.29 is 9.53 Å². The van der Waals surface area contributed by atoms with E-state index < -0.39 is 0 Å². The van der Waals surface area contributed by atoms with Crippen molar-refractivity contribution >= 4 is 6.09 Å². The molecule has 3 nitrogen and oxygen atoms in total. The highest BCUT2D eigenvalue weighted by atomic mass is 16.5. The van der Waals surface area contributed by atoms with E-state index in [0.29, 0.717) is 6.61 Å². The van der Waals surface area contributed by atoms with Gasteiger partial charge >= 0.3 is 6.09 Å². The molecule has 0 radical (unpaired) electrons. The van der Waals surface area contributed by atoms with Crippen molar-refractivity contribution in [2.75, 3.05) is 6.61 Å². The average molecular weight is 303 g/mol. The molecule has 1 aromatic rings. The van der Waals surface area contributed by atoms with Crippen molar-refractivity contribution in [3.05, 3.63) is 35.4 Å². The van der Waals surface area contributed by atoms with E-state index in [-0.39, 0.29) is 11.6 Å². The van der Waals surface area contributed by atoms with Gasteiger partial charge in [0.1, 0.15) is 0 Å². The number of carbonyl (C=O) groups is 1. The van der Waals surface area contributed by atoms with Crippen LogP contribution in [0.25, 0.3) is 0 Å². The molecule has 0 unspecified atom stereocenters. The maximum atomic E-state index is 11.5. The zero-order chi connectivity index (χ0) is 16.0. The summed E-state index contributed by atoms with van der Waals surface area (Å²) in [5, 5.41) is 2.80. The molecule has 0 aliphatic heterocycles. The fourth-order valence-electron chi connectivity index (χ4n) is 2.50. The third kappa shape index (κ3) is 6.97. The van der Waals surface area contributed by atoms with Crippen molar-refractivity contribution in [1.29, 1.82) is 0 Å². The first kappa shape index (κ1) is 16.9. The number of rotatable bonds is 7. The number of aryl methyl sites for hydroxylation is 2. The molecular formula is C19H29NO2. The van der Waals surface area contributed by atoms with Crippen molar-refractivity contribution in [3.63, 3.8) is 0 Å². The number of hydrogen-bond donors (Lipinski definition) is 1. The molecule has 0 bridgehead atoms. The number of hydrogen-bond acceptors (Lipinski definition) is 2. The zero-order valence-electron chi connectivity index (χ0n) is 14.2. The lowest BCUT2D eigenvalue weighted by molar-refractivity contribution is 0.136. The van der Waals surface area contributed by atoms with Crippen molar-refractivity contribution in [3.8, 4) is 0 Å². The van der Waals surface area contributed by atoms with E-state index in [2.05, 4.69) is 29.6 Å². The van der Waals surface area contributed by atoms with Gasteiger partial charge in [0.05, 0.1) is 6.61 Å². The van der Waals surface area contributed by atoms with Crippen LogP contribution in [0.4, 0.5) is 4.79 Å². The van der Waals surface area contributed by atoms with Gasteiger partial charge in [0.25, 0.3) is 0 Å². The van der Waals surface area contributed by atoms with Gasteiger partial charge in [0, 0.05) is 5.54 Å². The fourth-order valence-corrected chi connectivity index (χ4v) is 2.50. The number of nitrogens with one attached hydrogen (secondary N) is 1. The second-order valence-corrected chi connectivity index (χ2v) is 7.42. The van der Waals surface area contributed by atoms with Gasteiger partial charge in [-0.3, -0.25) is 0 Å². The van der Waals surface area contributed by atoms with Crippen molar-refractivity contribution in [2.24, 2.45) is 5.92 Å². The molecule has 0 heterocycles. The summed E-state index contributed by atoms with van der Waals surface area (Å²) in [7, 11) is 0. The molecule has 2 rings (SSSR count). The maximum absolute atomic E-state index is 11.5. The molecule has 1 amide bonds. The Morgan fingerprint density at radius 2 is 1.91 bits per heavy atom. The molecule has 0 atom stereocenters. The quantitative estimate of drug-likeness (QED) is 0.754. The molecule has 0 spiro atoms. The lowest BCUT2D eigenvalue weighted by Crippen LogP contribution is -2.41. The molecule has 0 aromatic heterocycles. The van der Waals surface area contributed by atoms with Gasteiger partial charge in [-0.05, 0) is 63.5 Å². The predicted octanol–water partition coefficient (Wildman–Crippen LogP) is 4.49. The summed E-state index contributed by atoms with van der Waals surface area (Å²) in [5.41, 5.74) is 2.54. The maximum Gasteiger partial charge on any atom is 0.407 e. The van der Waals surface area contributed by atoms with E-state index in [0.717, 1.165) is 18.8 Å². The van der Waals surface area contributed by atoms with Crippen LogP contribution in [0.2, 0.25) is 0 Å². The van der Waals surface area contributed by atoms with Gasteiger partial charge in [-0.25, -0.2) is 4.79 Å². The number of benzene rings is 1. The second kappa shape index (κ2) is 7.66. The molecule has 3 heteroatoms. The smallest absolute Gasteiger partial charge is 0.407 e. The fraction of sp³-hybridized carbons (Fsp3) is 0.632. The summed E-state index contributed by atoms with van der Waals surface area (Å²) in [5.74, 6) is 0.985. The lowest BCUT2D eigenvalue weighted by atomic mass is 10.0. The largest absolute Gasteiger partial charge is 0.450 e. The standard InChI is InChI=1S/C19H29NO2/c1-19(2,3)20-18(21)22-13-5-8-16-6-4-7-17(14-16)12-11-15-9-10-15/h4,6-7,14-15H,5,8-13H2,1-3H3,(H,20,21). The molecule has 1 aliphatic carbocycles. The van der Waals surface area contributed by atoms with Crippen molar-refractivity contribution in [2.45, 2.75) is 64.8 Å². The third-order valence-corrected chi connectivity index (χ3v) is 3.85. The predicted molar refractivity (Wildman–Crippen MR) is 90.0 cm³/mol. The summed E-state index contributed by atoms with van der Waals surface area (Å²) in [6.07, 6.45) is 6.87. The Hall–Kier alpha value is -1.51. The number of ether oxygens (including phenoxy) is 1. The van der Waals surface area contributed by atoms with E-state index in [1.165, 1.54) is 36.8 Å². The Balaban J connectivity index is 1.65. The Morgan fingerprint density at radius 1 is 1.23 bits per heavy atom. The molecular weight excluding hydrogens is 274 g/mol. The van der Waals surface area contributed by atoms with E-state index in [4.69, 9.17) is 4.74 Å². The van der Waals surface area contributed by atoms with Crippen LogP contribution in [0.1, 0.15) is 57.6 Å². The molecule has 1 fully saturated rings. The van der Waals surface area contributed by atoms with Crippen LogP contribution in [0.3, 0.4) is 0 Å². The highest BCUT2D eigenvalue weighted by molar-refractivity contribution is 5.67. The van der Waals surface area contributed by atoms with E-state index >= 15 is 0 Å². The first-order valence-corrected chi connectivity index (χ1v) is 8.45. The number of amides is 1. The van der Waals surface area contributed by atoms with Crippen LogP contribution in [-0.2, 0) is 17.6 Å². The van der Waals surface area contributed by atoms with E-state index in [9.17, 15) is 4.79 Å². The zero-order valence-corrected chi connectivity index (χ0v) is 14.2. The van der Waals surface area contributed by atoms with Crippen LogP contribution >= 0.6 is 0 Å². The topological polar surface area (TPSA) is 38.3 Å². The van der Waals surface area contributed by atoms with Gasteiger partial charge in [-0.2, -0.15) is 0 Å². The Labute approximate surface area is 134 Å². The lowest BCUT2D eigenvalue weighted by Gasteiger charge is -2.19. The van der Waals surface area contributed by atoms with Gasteiger partial charge in [0.2, 0.25) is 0 Å². The first-order chi connectivity index (χ1) is 10.4. The van der Waals surface area contributed by atoms with Gasteiger partial charge < -0.3 is 10.1 Å².